The summed E-state index contributed by atoms with van der Waals surface area (Å²) in [4.78, 5) is 55.7. The first-order valence-electron chi connectivity index (χ1n) is 10.5. The number of nitrogens with two attached hydrogens (primary N) is 1. The second-order valence-electron chi connectivity index (χ2n) is 7.75. The maximum absolute atomic E-state index is 13.2. The second kappa shape index (κ2) is 9.09. The summed E-state index contributed by atoms with van der Waals surface area (Å²) in [7, 11) is 1.35. The van der Waals surface area contributed by atoms with Crippen molar-refractivity contribution in [3.8, 4) is 16.9 Å². The van der Waals surface area contributed by atoms with E-state index in [1.807, 2.05) is 35.7 Å². The lowest BCUT2D eigenvalue weighted by molar-refractivity contribution is -0.384. The molecule has 1 aliphatic rings. The lowest BCUT2D eigenvalue weighted by Gasteiger charge is -2.16. The highest BCUT2D eigenvalue weighted by Gasteiger charge is 2.43. The van der Waals surface area contributed by atoms with Crippen LogP contribution >= 0.6 is 23.1 Å². The van der Waals surface area contributed by atoms with Gasteiger partial charge in [-0.1, -0.05) is 42.1 Å². The zero-order chi connectivity index (χ0) is 25.6. The Morgan fingerprint density at radius 2 is 1.94 bits per heavy atom. The van der Waals surface area contributed by atoms with E-state index in [1.54, 1.807) is 0 Å². The quantitative estimate of drug-likeness (QED) is 0.132. The maximum atomic E-state index is 13.2. The molecule has 182 valence electrons. The van der Waals surface area contributed by atoms with E-state index >= 15 is 0 Å². The van der Waals surface area contributed by atoms with E-state index in [0.29, 0.717) is 15.8 Å². The summed E-state index contributed by atoms with van der Waals surface area (Å²) < 4.78 is 5.88. The first-order valence-corrected chi connectivity index (χ1v) is 12.3. The number of imide groups is 1. The smallest absolute Gasteiger partial charge is 0.297 e. The number of hydrogen-bond acceptors (Lipinski definition) is 10. The van der Waals surface area contributed by atoms with Gasteiger partial charge in [-0.15, -0.1) is 11.3 Å². The third-order valence-corrected chi connectivity index (χ3v) is 7.69. The molecule has 0 spiro atoms. The summed E-state index contributed by atoms with van der Waals surface area (Å²) >= 11 is 2.14. The van der Waals surface area contributed by atoms with E-state index in [2.05, 4.69) is 4.98 Å². The van der Waals surface area contributed by atoms with Crippen molar-refractivity contribution in [3.05, 3.63) is 74.4 Å². The highest BCUT2D eigenvalue weighted by atomic mass is 32.2. The number of nitro benzene ring substituents is 1. The van der Waals surface area contributed by atoms with Gasteiger partial charge in [0.2, 0.25) is 11.8 Å². The highest BCUT2D eigenvalue weighted by Crippen LogP contribution is 2.39. The van der Waals surface area contributed by atoms with Gasteiger partial charge in [-0.3, -0.25) is 24.5 Å². The van der Waals surface area contributed by atoms with E-state index in [0.717, 1.165) is 33.0 Å². The molecule has 13 heteroatoms. The predicted octanol–water partition coefficient (Wildman–Crippen LogP) is 3.18. The number of benzene rings is 2. The van der Waals surface area contributed by atoms with Crippen molar-refractivity contribution in [2.75, 3.05) is 17.9 Å². The lowest BCUT2D eigenvalue weighted by atomic mass is 10.1. The molecular formula is C23H17N5O6S2. The molecule has 3 heterocycles. The second-order valence-corrected chi connectivity index (χ2v) is 9.78. The Labute approximate surface area is 211 Å². The number of anilines is 1. The zero-order valence-corrected chi connectivity index (χ0v) is 20.2. The number of fused-ring (bicyclic) bond motifs is 1. The van der Waals surface area contributed by atoms with Gasteiger partial charge in [0.05, 0.1) is 23.5 Å². The molecule has 4 aromatic rings. The molecule has 1 atom stereocenters. The normalized spacial score (nSPS) is 15.6. The molecule has 0 radical (unpaired) electrons. The Kier molecular flexibility index (Phi) is 5.94. The van der Waals surface area contributed by atoms with Crippen LogP contribution in [0.3, 0.4) is 0 Å². The van der Waals surface area contributed by atoms with Gasteiger partial charge >= 0.3 is 0 Å². The molecule has 36 heavy (non-hydrogen) atoms. The predicted molar refractivity (Wildman–Crippen MR) is 136 cm³/mol. The first-order chi connectivity index (χ1) is 17.3. The van der Waals surface area contributed by atoms with Crippen molar-refractivity contribution in [2.24, 2.45) is 0 Å². The number of nitrogen functional groups attached to an aromatic ring is 1. The average molecular weight is 524 g/mol. The number of amides is 2. The van der Waals surface area contributed by atoms with Gasteiger partial charge in [0.25, 0.3) is 11.2 Å². The number of nitrogens with zero attached hydrogens (tertiary/aromatic N) is 4. The van der Waals surface area contributed by atoms with Gasteiger partial charge in [-0.25, -0.2) is 14.6 Å². The highest BCUT2D eigenvalue weighted by molar-refractivity contribution is 8.00. The number of ether oxygens (including phenoxy) is 1. The van der Waals surface area contributed by atoms with Crippen LogP contribution in [0.4, 0.5) is 11.4 Å². The van der Waals surface area contributed by atoms with Crippen LogP contribution in [-0.4, -0.2) is 38.8 Å². The summed E-state index contributed by atoms with van der Waals surface area (Å²) in [6.45, 7) is 0. The van der Waals surface area contributed by atoms with Gasteiger partial charge in [0.1, 0.15) is 21.5 Å². The first kappa shape index (κ1) is 23.5. The fourth-order valence-electron chi connectivity index (χ4n) is 3.94. The van der Waals surface area contributed by atoms with E-state index in [4.69, 9.17) is 10.6 Å². The molecule has 0 unspecified atom stereocenters. The molecule has 0 saturated carbocycles. The number of rotatable bonds is 6. The van der Waals surface area contributed by atoms with Gasteiger partial charge < -0.3 is 10.6 Å². The molecule has 2 aromatic heterocycles. The van der Waals surface area contributed by atoms with Crippen LogP contribution in [0.25, 0.3) is 21.3 Å². The Hall–Kier alpha value is -4.23. The van der Waals surface area contributed by atoms with Crippen LogP contribution in [0.1, 0.15) is 6.42 Å². The average Bonchev–Trinajstić information content (AvgIpc) is 3.42. The fraction of sp³-hybridized carbons (Fsp3) is 0.130. The summed E-state index contributed by atoms with van der Waals surface area (Å²) in [6, 6.07) is 13.2. The molecule has 5 rings (SSSR count). The minimum atomic E-state index is -0.966. The molecule has 11 nitrogen and oxygen atoms in total. The van der Waals surface area contributed by atoms with Crippen molar-refractivity contribution < 1.29 is 19.2 Å². The number of aromatic nitrogens is 2. The topological polar surface area (TPSA) is 151 Å². The summed E-state index contributed by atoms with van der Waals surface area (Å²) in [5.41, 5.74) is 0.467. The van der Waals surface area contributed by atoms with Crippen molar-refractivity contribution in [2.45, 2.75) is 16.8 Å². The summed E-state index contributed by atoms with van der Waals surface area (Å²) in [5, 5.41) is 12.9. The van der Waals surface area contributed by atoms with Crippen LogP contribution in [-0.2, 0) is 9.59 Å². The number of nitro groups is 1. The number of hydrogen-bond donors (Lipinski definition) is 1. The van der Waals surface area contributed by atoms with E-state index in [9.17, 15) is 24.5 Å². The Morgan fingerprint density at radius 3 is 2.64 bits per heavy atom. The Bertz CT molecular complexity index is 1600. The van der Waals surface area contributed by atoms with E-state index in [1.165, 1.54) is 30.6 Å². The minimum Gasteiger partial charge on any atom is -0.496 e. The SMILES string of the molecule is COc1ccc(N2C(=O)C[C@@H](Sc3nc4scc(-c5ccccc5)c4c(=O)n3N)C2=O)c([N+](=O)[O-])c1. The largest absolute Gasteiger partial charge is 0.496 e. The zero-order valence-electron chi connectivity index (χ0n) is 18.6. The summed E-state index contributed by atoms with van der Waals surface area (Å²) in [6.07, 6.45) is -0.236. The number of thioether (sulfide) groups is 1. The number of methoxy groups -OCH3 is 1. The van der Waals surface area contributed by atoms with Crippen molar-refractivity contribution in [1.82, 2.24) is 9.66 Å². The molecule has 2 N–H and O–H groups in total. The van der Waals surface area contributed by atoms with Crippen LogP contribution in [0.2, 0.25) is 0 Å². The third-order valence-electron chi connectivity index (χ3n) is 5.67. The van der Waals surface area contributed by atoms with Crippen LogP contribution in [0, 0.1) is 10.1 Å². The minimum absolute atomic E-state index is 0.0613. The van der Waals surface area contributed by atoms with Gasteiger partial charge in [0, 0.05) is 17.4 Å². The number of carbonyl (C=O) groups is 2. The van der Waals surface area contributed by atoms with Gasteiger partial charge in [0.15, 0.2) is 5.16 Å². The standard InChI is InChI=1S/C23H17N5O6S2/c1-34-13-7-8-15(16(9-13)28(32)33)26-18(29)10-17(21(26)30)36-23-25-20-19(22(31)27(23)24)14(11-35-20)12-5-3-2-4-6-12/h2-9,11,17H,10,24H2,1H3/t17-/m1/s1. The Balaban J connectivity index is 1.48. The summed E-state index contributed by atoms with van der Waals surface area (Å²) in [5.74, 6) is 5.01. The molecule has 2 aromatic carbocycles. The van der Waals surface area contributed by atoms with Gasteiger partial charge in [-0.05, 0) is 17.7 Å². The molecule has 1 aliphatic heterocycles. The molecule has 2 amide bonds. The number of thiophene rings is 1. The van der Waals surface area contributed by atoms with Crippen LogP contribution in [0.5, 0.6) is 5.75 Å². The molecule has 1 saturated heterocycles. The van der Waals surface area contributed by atoms with Crippen molar-refractivity contribution >= 4 is 56.5 Å². The fourth-order valence-corrected chi connectivity index (χ4v) is 5.96. The monoisotopic (exact) mass is 523 g/mol. The molecule has 1 fully saturated rings. The van der Waals surface area contributed by atoms with Crippen molar-refractivity contribution in [1.29, 1.82) is 0 Å². The van der Waals surface area contributed by atoms with Gasteiger partial charge in [-0.2, -0.15) is 0 Å². The van der Waals surface area contributed by atoms with Crippen LogP contribution in [0.15, 0.2) is 63.9 Å². The molecule has 0 aliphatic carbocycles. The van der Waals surface area contributed by atoms with Crippen LogP contribution < -0.4 is 21.0 Å². The van der Waals surface area contributed by atoms with E-state index in [-0.39, 0.29) is 23.0 Å². The third kappa shape index (κ3) is 3.87. The Morgan fingerprint density at radius 1 is 1.19 bits per heavy atom. The van der Waals surface area contributed by atoms with E-state index < -0.39 is 33.2 Å². The number of carbonyl (C=O) groups excluding carboxylic acids is 2. The van der Waals surface area contributed by atoms with Crippen molar-refractivity contribution in [3.63, 3.8) is 0 Å². The molecular weight excluding hydrogens is 506 g/mol. The maximum Gasteiger partial charge on any atom is 0.297 e. The lowest BCUT2D eigenvalue weighted by Crippen LogP contribution is -2.33. The molecule has 0 bridgehead atoms.